The molecule has 0 saturated heterocycles. The van der Waals surface area contributed by atoms with Crippen LogP contribution in [0.1, 0.15) is 45.1 Å². The maximum atomic E-state index is 12.4. The lowest BCUT2D eigenvalue weighted by molar-refractivity contribution is -0.137. The number of carbonyl (C=O) groups is 2. The predicted octanol–water partition coefficient (Wildman–Crippen LogP) is 3.29. The van der Waals surface area contributed by atoms with Crippen LogP contribution in [-0.4, -0.2) is 41.1 Å². The molecule has 1 unspecified atom stereocenters. The molecule has 1 aromatic carbocycles. The van der Waals surface area contributed by atoms with Crippen molar-refractivity contribution < 1.29 is 14.7 Å². The van der Waals surface area contributed by atoms with E-state index in [0.29, 0.717) is 12.8 Å². The highest BCUT2D eigenvalue weighted by molar-refractivity contribution is 5.74. The third-order valence-electron chi connectivity index (χ3n) is 3.63. The summed E-state index contributed by atoms with van der Waals surface area (Å²) in [5.74, 6) is -0.837. The molecule has 23 heavy (non-hydrogen) atoms. The van der Waals surface area contributed by atoms with Crippen molar-refractivity contribution in [1.29, 1.82) is 0 Å². The van der Waals surface area contributed by atoms with Crippen LogP contribution in [0.2, 0.25) is 0 Å². The van der Waals surface area contributed by atoms with E-state index >= 15 is 0 Å². The third kappa shape index (κ3) is 7.68. The molecule has 0 heterocycles. The Morgan fingerprint density at radius 3 is 2.26 bits per heavy atom. The fraction of sp³-hybridized carbons (Fsp3) is 0.556. The second-order valence-electron chi connectivity index (χ2n) is 5.76. The first kappa shape index (κ1) is 19.0. The summed E-state index contributed by atoms with van der Waals surface area (Å²) >= 11 is 0. The van der Waals surface area contributed by atoms with Gasteiger partial charge in [0.25, 0.3) is 0 Å². The van der Waals surface area contributed by atoms with E-state index in [2.05, 4.69) is 5.32 Å². The Labute approximate surface area is 138 Å². The highest BCUT2D eigenvalue weighted by Gasteiger charge is 2.18. The van der Waals surface area contributed by atoms with Gasteiger partial charge in [0.05, 0.1) is 0 Å². The molecule has 0 radical (unpaired) electrons. The number of hydrogen-bond acceptors (Lipinski definition) is 2. The minimum Gasteiger partial charge on any atom is -0.481 e. The zero-order chi connectivity index (χ0) is 17.1. The van der Waals surface area contributed by atoms with E-state index in [-0.39, 0.29) is 18.5 Å². The number of urea groups is 1. The SMILES string of the molecule is CCCN(CCC)C(=O)NC(CCC(=O)O)Cc1ccccc1. The first-order valence-electron chi connectivity index (χ1n) is 8.38. The van der Waals surface area contributed by atoms with E-state index in [9.17, 15) is 9.59 Å². The summed E-state index contributed by atoms with van der Waals surface area (Å²) in [5, 5.41) is 11.9. The average Bonchev–Trinajstić information content (AvgIpc) is 2.53. The van der Waals surface area contributed by atoms with E-state index < -0.39 is 5.97 Å². The number of carboxylic acid groups (broad SMARTS) is 1. The lowest BCUT2D eigenvalue weighted by Gasteiger charge is -2.26. The van der Waals surface area contributed by atoms with Gasteiger partial charge in [-0.25, -0.2) is 4.79 Å². The Kier molecular flexibility index (Phi) is 8.80. The lowest BCUT2D eigenvalue weighted by Crippen LogP contribution is -2.46. The summed E-state index contributed by atoms with van der Waals surface area (Å²) in [7, 11) is 0. The smallest absolute Gasteiger partial charge is 0.317 e. The van der Waals surface area contributed by atoms with E-state index in [4.69, 9.17) is 5.11 Å². The Balaban J connectivity index is 2.70. The zero-order valence-electron chi connectivity index (χ0n) is 14.1. The van der Waals surface area contributed by atoms with Gasteiger partial charge in [0.15, 0.2) is 0 Å². The first-order chi connectivity index (χ1) is 11.1. The molecule has 0 aliphatic carbocycles. The number of nitrogens with one attached hydrogen (secondary N) is 1. The second kappa shape index (κ2) is 10.6. The van der Waals surface area contributed by atoms with Crippen molar-refractivity contribution >= 4 is 12.0 Å². The largest absolute Gasteiger partial charge is 0.481 e. The molecule has 0 spiro atoms. The summed E-state index contributed by atoms with van der Waals surface area (Å²) < 4.78 is 0. The molecule has 1 rings (SSSR count). The number of aliphatic carboxylic acids is 1. The predicted molar refractivity (Wildman–Crippen MR) is 91.5 cm³/mol. The molecule has 128 valence electrons. The topological polar surface area (TPSA) is 69.6 Å². The number of carbonyl (C=O) groups excluding carboxylic acids is 1. The fourth-order valence-electron chi connectivity index (χ4n) is 2.54. The van der Waals surface area contributed by atoms with Crippen molar-refractivity contribution in [2.45, 2.75) is 52.0 Å². The van der Waals surface area contributed by atoms with Gasteiger partial charge >= 0.3 is 12.0 Å². The van der Waals surface area contributed by atoms with Gasteiger partial charge in [-0.3, -0.25) is 4.79 Å². The van der Waals surface area contributed by atoms with Gasteiger partial charge in [-0.15, -0.1) is 0 Å². The molecule has 5 nitrogen and oxygen atoms in total. The average molecular weight is 320 g/mol. The summed E-state index contributed by atoms with van der Waals surface area (Å²) in [6.07, 6.45) is 2.95. The number of rotatable bonds is 10. The van der Waals surface area contributed by atoms with Crippen LogP contribution in [0.5, 0.6) is 0 Å². The summed E-state index contributed by atoms with van der Waals surface area (Å²) in [5.41, 5.74) is 1.10. The highest BCUT2D eigenvalue weighted by atomic mass is 16.4. The quantitative estimate of drug-likeness (QED) is 0.695. The number of amides is 2. The van der Waals surface area contributed by atoms with Crippen LogP contribution in [0.4, 0.5) is 4.79 Å². The van der Waals surface area contributed by atoms with E-state index in [0.717, 1.165) is 31.5 Å². The standard InChI is InChI=1S/C18H28N2O3/c1-3-12-20(13-4-2)18(23)19-16(10-11-17(21)22)14-15-8-6-5-7-9-15/h5-9,16H,3-4,10-14H2,1-2H3,(H,19,23)(H,21,22). The summed E-state index contributed by atoms with van der Waals surface area (Å²) in [6, 6.07) is 9.57. The Morgan fingerprint density at radius 2 is 1.74 bits per heavy atom. The van der Waals surface area contributed by atoms with Crippen LogP contribution >= 0.6 is 0 Å². The van der Waals surface area contributed by atoms with Gasteiger partial charge in [-0.1, -0.05) is 44.2 Å². The molecule has 0 aromatic heterocycles. The number of carboxylic acids is 1. The van der Waals surface area contributed by atoms with E-state index in [1.807, 2.05) is 44.2 Å². The molecule has 0 aliphatic heterocycles. The molecule has 1 atom stereocenters. The van der Waals surface area contributed by atoms with Gasteiger partial charge in [-0.2, -0.15) is 0 Å². The molecule has 0 aliphatic rings. The molecule has 0 saturated carbocycles. The minimum absolute atomic E-state index is 0.0549. The van der Waals surface area contributed by atoms with Crippen molar-refractivity contribution in [3.63, 3.8) is 0 Å². The van der Waals surface area contributed by atoms with Crippen LogP contribution in [0, 0.1) is 0 Å². The lowest BCUT2D eigenvalue weighted by atomic mass is 10.0. The number of nitrogens with zero attached hydrogens (tertiary/aromatic N) is 1. The molecular formula is C18H28N2O3. The van der Waals surface area contributed by atoms with Crippen LogP contribution in [0.25, 0.3) is 0 Å². The maximum absolute atomic E-state index is 12.4. The maximum Gasteiger partial charge on any atom is 0.317 e. The zero-order valence-corrected chi connectivity index (χ0v) is 14.1. The van der Waals surface area contributed by atoms with Crippen molar-refractivity contribution in [1.82, 2.24) is 10.2 Å². The van der Waals surface area contributed by atoms with Crippen molar-refractivity contribution in [2.24, 2.45) is 0 Å². The molecule has 2 N–H and O–H groups in total. The molecule has 1 aromatic rings. The van der Waals surface area contributed by atoms with Crippen molar-refractivity contribution in [2.75, 3.05) is 13.1 Å². The van der Waals surface area contributed by atoms with Crippen molar-refractivity contribution in [3.8, 4) is 0 Å². The van der Waals surface area contributed by atoms with Gasteiger partial charge in [0.1, 0.15) is 0 Å². The van der Waals surface area contributed by atoms with E-state index in [1.165, 1.54) is 0 Å². The highest BCUT2D eigenvalue weighted by Crippen LogP contribution is 2.09. The Bertz CT molecular complexity index is 470. The fourth-order valence-corrected chi connectivity index (χ4v) is 2.54. The van der Waals surface area contributed by atoms with Gasteiger partial charge < -0.3 is 15.3 Å². The Hall–Kier alpha value is -2.04. The summed E-state index contributed by atoms with van der Waals surface area (Å²) in [6.45, 7) is 5.52. The summed E-state index contributed by atoms with van der Waals surface area (Å²) in [4.78, 5) is 25.1. The molecule has 0 bridgehead atoms. The first-order valence-corrected chi connectivity index (χ1v) is 8.38. The molecular weight excluding hydrogens is 292 g/mol. The van der Waals surface area contributed by atoms with Gasteiger partial charge in [0, 0.05) is 25.6 Å². The third-order valence-corrected chi connectivity index (χ3v) is 3.63. The van der Waals surface area contributed by atoms with E-state index in [1.54, 1.807) is 4.90 Å². The number of hydrogen-bond donors (Lipinski definition) is 2. The van der Waals surface area contributed by atoms with Gasteiger partial charge in [0.2, 0.25) is 0 Å². The molecule has 2 amide bonds. The van der Waals surface area contributed by atoms with Crippen LogP contribution in [-0.2, 0) is 11.2 Å². The normalized spacial score (nSPS) is 11.7. The van der Waals surface area contributed by atoms with Crippen LogP contribution in [0.15, 0.2) is 30.3 Å². The molecule has 5 heteroatoms. The second-order valence-corrected chi connectivity index (χ2v) is 5.76. The van der Waals surface area contributed by atoms with Crippen molar-refractivity contribution in [3.05, 3.63) is 35.9 Å². The Morgan fingerprint density at radius 1 is 1.13 bits per heavy atom. The van der Waals surface area contributed by atoms with Gasteiger partial charge in [-0.05, 0) is 31.2 Å². The van der Waals surface area contributed by atoms with Crippen LogP contribution < -0.4 is 5.32 Å². The monoisotopic (exact) mass is 320 g/mol. The minimum atomic E-state index is -0.837. The number of benzene rings is 1. The molecule has 0 fully saturated rings. The van der Waals surface area contributed by atoms with Crippen LogP contribution in [0.3, 0.4) is 0 Å².